The van der Waals surface area contributed by atoms with Gasteiger partial charge in [0.25, 0.3) is 11.1 Å². The highest BCUT2D eigenvalue weighted by molar-refractivity contribution is 8.18. The molecule has 2 aliphatic heterocycles. The zero-order valence-electron chi connectivity index (χ0n) is 15.4. The fourth-order valence-corrected chi connectivity index (χ4v) is 3.74. The van der Waals surface area contributed by atoms with Crippen LogP contribution in [0.3, 0.4) is 0 Å². The Bertz CT molecular complexity index is 911. The Balaban J connectivity index is 1.28. The minimum atomic E-state index is -0.408. The fraction of sp³-hybridized carbons (Fsp3) is 0.368. The third kappa shape index (κ3) is 4.53. The van der Waals surface area contributed by atoms with Crippen molar-refractivity contribution in [3.63, 3.8) is 0 Å². The molecule has 0 unspecified atom stereocenters. The van der Waals surface area contributed by atoms with Crippen molar-refractivity contribution in [2.24, 2.45) is 5.92 Å². The molecule has 1 aliphatic carbocycles. The Morgan fingerprint density at radius 2 is 1.97 bits per heavy atom. The van der Waals surface area contributed by atoms with Crippen LogP contribution in [0, 0.1) is 5.92 Å². The van der Waals surface area contributed by atoms with Gasteiger partial charge in [0, 0.05) is 19.0 Å². The third-order valence-corrected chi connectivity index (χ3v) is 5.50. The van der Waals surface area contributed by atoms with E-state index < -0.39 is 11.1 Å². The van der Waals surface area contributed by atoms with Crippen LogP contribution in [0.1, 0.15) is 18.4 Å². The van der Waals surface area contributed by atoms with E-state index in [0.29, 0.717) is 16.4 Å². The molecule has 1 aromatic rings. The zero-order valence-corrected chi connectivity index (χ0v) is 16.3. The summed E-state index contributed by atoms with van der Waals surface area (Å²) in [5.41, 5.74) is 0.722. The number of imide groups is 1. The fourth-order valence-electron chi connectivity index (χ4n) is 2.87. The van der Waals surface area contributed by atoms with E-state index in [1.165, 1.54) is 0 Å². The monoisotopic (exact) mass is 417 g/mol. The third-order valence-electron chi connectivity index (χ3n) is 4.60. The van der Waals surface area contributed by atoms with Crippen LogP contribution >= 0.6 is 11.8 Å². The first-order valence-corrected chi connectivity index (χ1v) is 10.0. The lowest BCUT2D eigenvalue weighted by atomic mass is 10.2. The van der Waals surface area contributed by atoms with E-state index >= 15 is 0 Å². The highest BCUT2D eigenvalue weighted by Crippen LogP contribution is 2.36. The summed E-state index contributed by atoms with van der Waals surface area (Å²) in [7, 11) is 0. The van der Waals surface area contributed by atoms with Gasteiger partial charge in [-0.05, 0) is 48.4 Å². The lowest BCUT2D eigenvalue weighted by molar-refractivity contribution is -0.127. The Labute approximate surface area is 170 Å². The summed E-state index contributed by atoms with van der Waals surface area (Å²) in [6, 6.07) is 5.26. The second-order valence-corrected chi connectivity index (χ2v) is 7.78. The number of ether oxygens (including phenoxy) is 2. The van der Waals surface area contributed by atoms with Gasteiger partial charge in [0.05, 0.1) is 11.4 Å². The van der Waals surface area contributed by atoms with Gasteiger partial charge in [0.2, 0.25) is 18.6 Å². The number of nitrogens with zero attached hydrogens (tertiary/aromatic N) is 1. The maximum Gasteiger partial charge on any atom is 0.293 e. The van der Waals surface area contributed by atoms with Crippen molar-refractivity contribution >= 4 is 40.8 Å². The van der Waals surface area contributed by atoms with Crippen molar-refractivity contribution in [1.29, 1.82) is 0 Å². The molecule has 2 N–H and O–H groups in total. The molecule has 2 heterocycles. The molecule has 3 aliphatic rings. The van der Waals surface area contributed by atoms with Crippen LogP contribution in [0.25, 0.3) is 6.08 Å². The van der Waals surface area contributed by atoms with E-state index in [9.17, 15) is 19.2 Å². The molecule has 0 bridgehead atoms. The molecule has 0 spiro atoms. The Morgan fingerprint density at radius 3 is 2.76 bits per heavy atom. The van der Waals surface area contributed by atoms with Gasteiger partial charge in [-0.2, -0.15) is 0 Å². The maximum atomic E-state index is 12.5. The minimum absolute atomic E-state index is 0.0367. The lowest BCUT2D eigenvalue weighted by Crippen LogP contribution is -2.41. The molecule has 1 saturated heterocycles. The van der Waals surface area contributed by atoms with Gasteiger partial charge in [0.15, 0.2) is 11.5 Å². The smallest absolute Gasteiger partial charge is 0.293 e. The molecule has 4 rings (SSSR count). The molecule has 9 nitrogen and oxygen atoms in total. The van der Waals surface area contributed by atoms with E-state index in [4.69, 9.17) is 9.47 Å². The second-order valence-electron chi connectivity index (χ2n) is 6.79. The van der Waals surface area contributed by atoms with Gasteiger partial charge >= 0.3 is 0 Å². The van der Waals surface area contributed by atoms with Crippen LogP contribution in [0.15, 0.2) is 23.1 Å². The number of thioether (sulfide) groups is 1. The molecular formula is C19H19N3O6S. The summed E-state index contributed by atoms with van der Waals surface area (Å²) in [6.07, 6.45) is 3.36. The van der Waals surface area contributed by atoms with Crippen LogP contribution in [-0.2, 0) is 14.4 Å². The SMILES string of the molecule is O=C(CNC(=O)C1CC1)NCCN1C(=O)S/C(=C\c2ccc3c(c2)OCO3)C1=O. The molecule has 152 valence electrons. The number of amides is 4. The van der Waals surface area contributed by atoms with Gasteiger partial charge in [-0.15, -0.1) is 0 Å². The van der Waals surface area contributed by atoms with E-state index in [2.05, 4.69) is 10.6 Å². The Morgan fingerprint density at radius 1 is 1.17 bits per heavy atom. The maximum absolute atomic E-state index is 12.5. The van der Waals surface area contributed by atoms with Crippen LogP contribution in [0.2, 0.25) is 0 Å². The first-order chi connectivity index (χ1) is 14.0. The second kappa shape index (κ2) is 8.16. The predicted octanol–water partition coefficient (Wildman–Crippen LogP) is 1.09. The quantitative estimate of drug-likeness (QED) is 0.639. The van der Waals surface area contributed by atoms with Gasteiger partial charge in [-0.1, -0.05) is 6.07 Å². The molecule has 1 aromatic carbocycles. The first kappa shape index (κ1) is 19.3. The van der Waals surface area contributed by atoms with Crippen molar-refractivity contribution in [1.82, 2.24) is 15.5 Å². The van der Waals surface area contributed by atoms with Gasteiger partial charge in [-0.25, -0.2) is 0 Å². The number of nitrogens with one attached hydrogen (secondary N) is 2. The summed E-state index contributed by atoms with van der Waals surface area (Å²) in [5, 5.41) is 4.77. The summed E-state index contributed by atoms with van der Waals surface area (Å²) in [6.45, 7) is 0.228. The highest BCUT2D eigenvalue weighted by Gasteiger charge is 2.35. The number of fused-ring (bicyclic) bond motifs is 1. The van der Waals surface area contributed by atoms with Gasteiger partial charge in [-0.3, -0.25) is 24.1 Å². The number of hydrogen-bond donors (Lipinski definition) is 2. The first-order valence-electron chi connectivity index (χ1n) is 9.21. The molecule has 0 aromatic heterocycles. The minimum Gasteiger partial charge on any atom is -0.454 e. The Kier molecular flexibility index (Phi) is 5.43. The molecule has 29 heavy (non-hydrogen) atoms. The largest absolute Gasteiger partial charge is 0.454 e. The number of hydrogen-bond acceptors (Lipinski definition) is 7. The van der Waals surface area contributed by atoms with Gasteiger partial charge < -0.3 is 20.1 Å². The summed E-state index contributed by atoms with van der Waals surface area (Å²) < 4.78 is 10.6. The normalized spacial score (nSPS) is 19.0. The van der Waals surface area contributed by atoms with Crippen molar-refractivity contribution in [3.05, 3.63) is 28.7 Å². The van der Waals surface area contributed by atoms with Crippen LogP contribution in [-0.4, -0.2) is 54.3 Å². The van der Waals surface area contributed by atoms with Crippen LogP contribution < -0.4 is 20.1 Å². The van der Waals surface area contributed by atoms with Crippen LogP contribution in [0.4, 0.5) is 4.79 Å². The van der Waals surface area contributed by atoms with Gasteiger partial charge in [0.1, 0.15) is 0 Å². The molecule has 0 atom stereocenters. The molecule has 1 saturated carbocycles. The van der Waals surface area contributed by atoms with E-state index in [1.807, 2.05) is 0 Å². The standard InChI is InChI=1S/C19H19N3O6S/c23-16(9-21-17(24)12-2-3-12)20-5-6-22-18(25)15(29-19(22)26)8-11-1-4-13-14(7-11)28-10-27-13/h1,4,7-8,12H,2-3,5-6,9-10H2,(H,20,23)(H,21,24)/b15-8-. The molecular weight excluding hydrogens is 398 g/mol. The molecule has 2 fully saturated rings. The average Bonchev–Trinajstić information content (AvgIpc) is 3.40. The number of carbonyl (C=O) groups excluding carboxylic acids is 4. The molecule has 4 amide bonds. The van der Waals surface area contributed by atoms with E-state index in [0.717, 1.165) is 35.1 Å². The van der Waals surface area contributed by atoms with Crippen molar-refractivity contribution in [3.8, 4) is 11.5 Å². The summed E-state index contributed by atoms with van der Waals surface area (Å²) in [4.78, 5) is 49.4. The highest BCUT2D eigenvalue weighted by atomic mass is 32.2. The summed E-state index contributed by atoms with van der Waals surface area (Å²) in [5.74, 6) is 0.388. The average molecular weight is 417 g/mol. The zero-order chi connectivity index (χ0) is 20.4. The van der Waals surface area contributed by atoms with Crippen LogP contribution in [0.5, 0.6) is 11.5 Å². The molecule has 0 radical (unpaired) electrons. The van der Waals surface area contributed by atoms with E-state index in [-0.39, 0.29) is 44.2 Å². The number of rotatable bonds is 7. The summed E-state index contributed by atoms with van der Waals surface area (Å²) >= 11 is 0.850. The predicted molar refractivity (Wildman–Crippen MR) is 104 cm³/mol. The van der Waals surface area contributed by atoms with Crippen molar-refractivity contribution in [2.75, 3.05) is 26.4 Å². The Hall–Kier alpha value is -3.01. The lowest BCUT2D eigenvalue weighted by Gasteiger charge is -2.13. The number of carbonyl (C=O) groups is 4. The van der Waals surface area contributed by atoms with E-state index in [1.54, 1.807) is 24.3 Å². The van der Waals surface area contributed by atoms with Crippen molar-refractivity contribution < 1.29 is 28.7 Å². The number of benzene rings is 1. The topological polar surface area (TPSA) is 114 Å². The molecule has 10 heteroatoms. The van der Waals surface area contributed by atoms with Crippen molar-refractivity contribution in [2.45, 2.75) is 12.8 Å².